The van der Waals surface area contributed by atoms with Gasteiger partial charge < -0.3 is 9.88 Å². The van der Waals surface area contributed by atoms with Crippen molar-refractivity contribution in [2.75, 3.05) is 13.1 Å². The molecule has 2 rings (SSSR count). The van der Waals surface area contributed by atoms with Crippen LogP contribution in [0.3, 0.4) is 0 Å². The summed E-state index contributed by atoms with van der Waals surface area (Å²) in [4.78, 5) is 0.406. The molecular weight excluding hydrogens is 286 g/mol. The Hall–Kier alpha value is -0.850. The minimum absolute atomic E-state index is 0.0733. The molecule has 1 aliphatic heterocycles. The highest BCUT2D eigenvalue weighted by molar-refractivity contribution is 7.89. The largest absolute Gasteiger partial charge is 0.352 e. The van der Waals surface area contributed by atoms with E-state index in [-0.39, 0.29) is 5.41 Å². The number of aromatic nitrogens is 1. The lowest BCUT2D eigenvalue weighted by molar-refractivity contribution is 0.375. The summed E-state index contributed by atoms with van der Waals surface area (Å²) in [6.45, 7) is 10.3. The zero-order valence-corrected chi connectivity index (χ0v) is 14.5. The Morgan fingerprint density at radius 2 is 2.05 bits per heavy atom. The molecule has 1 aromatic heterocycles. The summed E-state index contributed by atoms with van der Waals surface area (Å²) in [6, 6.07) is 2.16. The summed E-state index contributed by atoms with van der Waals surface area (Å²) in [5, 5.41) is 3.32. The molecule has 1 aromatic rings. The SMILES string of the molecule is CC(C)NCc1cc(S(=O)(=O)N2CCC(C)(C)C2)cn1C. The molecule has 2 heterocycles. The summed E-state index contributed by atoms with van der Waals surface area (Å²) in [5.41, 5.74) is 1.06. The summed E-state index contributed by atoms with van der Waals surface area (Å²) in [6.07, 6.45) is 2.64. The third kappa shape index (κ3) is 3.67. The van der Waals surface area contributed by atoms with Gasteiger partial charge in [-0.25, -0.2) is 8.42 Å². The van der Waals surface area contributed by atoms with Crippen LogP contribution >= 0.6 is 0 Å². The Balaban J connectivity index is 2.19. The van der Waals surface area contributed by atoms with E-state index in [2.05, 4.69) is 33.0 Å². The van der Waals surface area contributed by atoms with Gasteiger partial charge in [0.15, 0.2) is 0 Å². The molecule has 0 amide bonds. The molecule has 21 heavy (non-hydrogen) atoms. The molecule has 1 N–H and O–H groups in total. The van der Waals surface area contributed by atoms with Gasteiger partial charge in [-0.1, -0.05) is 27.7 Å². The Kier molecular flexibility index (Phi) is 4.52. The molecule has 0 atom stereocenters. The minimum Gasteiger partial charge on any atom is -0.352 e. The van der Waals surface area contributed by atoms with E-state index in [0.29, 0.717) is 30.6 Å². The maximum atomic E-state index is 12.7. The van der Waals surface area contributed by atoms with Crippen LogP contribution in [0.2, 0.25) is 0 Å². The van der Waals surface area contributed by atoms with Gasteiger partial charge in [0.05, 0.1) is 0 Å². The Bertz CT molecular complexity index is 602. The molecule has 1 saturated heterocycles. The number of sulfonamides is 1. The summed E-state index contributed by atoms with van der Waals surface area (Å²) in [7, 11) is -1.47. The van der Waals surface area contributed by atoms with E-state index in [9.17, 15) is 8.42 Å². The molecule has 0 unspecified atom stereocenters. The second-order valence-corrected chi connectivity index (χ2v) is 9.00. The fourth-order valence-electron chi connectivity index (χ4n) is 2.62. The van der Waals surface area contributed by atoms with Gasteiger partial charge in [0.2, 0.25) is 10.0 Å². The lowest BCUT2D eigenvalue weighted by Gasteiger charge is -2.19. The van der Waals surface area contributed by atoms with Crippen molar-refractivity contribution in [3.05, 3.63) is 18.0 Å². The van der Waals surface area contributed by atoms with Crippen LogP contribution in [0.4, 0.5) is 0 Å². The molecule has 0 aromatic carbocycles. The highest BCUT2D eigenvalue weighted by Gasteiger charge is 2.37. The van der Waals surface area contributed by atoms with Crippen molar-refractivity contribution >= 4 is 10.0 Å². The predicted octanol–water partition coefficient (Wildman–Crippen LogP) is 1.94. The maximum absolute atomic E-state index is 12.7. The quantitative estimate of drug-likeness (QED) is 0.904. The van der Waals surface area contributed by atoms with Gasteiger partial charge in [-0.05, 0) is 17.9 Å². The molecule has 1 aliphatic rings. The summed E-state index contributed by atoms with van der Waals surface area (Å²) >= 11 is 0. The number of nitrogens with one attached hydrogen (secondary N) is 1. The number of rotatable bonds is 5. The Morgan fingerprint density at radius 3 is 2.57 bits per heavy atom. The van der Waals surface area contributed by atoms with Gasteiger partial charge in [-0.15, -0.1) is 0 Å². The highest BCUT2D eigenvalue weighted by Crippen LogP contribution is 2.33. The van der Waals surface area contributed by atoms with E-state index in [1.165, 1.54) is 0 Å². The fourth-order valence-corrected chi connectivity index (χ4v) is 4.35. The van der Waals surface area contributed by atoms with E-state index in [0.717, 1.165) is 12.1 Å². The van der Waals surface area contributed by atoms with Crippen LogP contribution in [0.5, 0.6) is 0 Å². The average molecular weight is 313 g/mol. The minimum atomic E-state index is -3.37. The van der Waals surface area contributed by atoms with Gasteiger partial charge >= 0.3 is 0 Å². The van der Waals surface area contributed by atoms with Crippen molar-refractivity contribution < 1.29 is 8.42 Å². The summed E-state index contributed by atoms with van der Waals surface area (Å²) in [5.74, 6) is 0. The predicted molar refractivity (Wildman–Crippen MR) is 84.5 cm³/mol. The van der Waals surface area contributed by atoms with Crippen molar-refractivity contribution in [1.29, 1.82) is 0 Å². The van der Waals surface area contributed by atoms with Crippen molar-refractivity contribution in [3.63, 3.8) is 0 Å². The molecule has 5 nitrogen and oxygen atoms in total. The number of hydrogen-bond acceptors (Lipinski definition) is 3. The molecular formula is C15H27N3O2S. The lowest BCUT2D eigenvalue weighted by Crippen LogP contribution is -2.30. The van der Waals surface area contributed by atoms with Crippen LogP contribution in [0, 0.1) is 5.41 Å². The van der Waals surface area contributed by atoms with E-state index in [1.54, 1.807) is 16.6 Å². The van der Waals surface area contributed by atoms with E-state index < -0.39 is 10.0 Å². The first-order valence-electron chi connectivity index (χ1n) is 7.51. The first-order chi connectivity index (χ1) is 9.62. The van der Waals surface area contributed by atoms with E-state index in [1.807, 2.05) is 11.6 Å². The molecule has 0 aliphatic carbocycles. The molecule has 0 saturated carbocycles. The number of aryl methyl sites for hydroxylation is 1. The zero-order chi connectivity index (χ0) is 15.8. The Labute approximate surface area is 128 Å². The smallest absolute Gasteiger partial charge is 0.244 e. The maximum Gasteiger partial charge on any atom is 0.244 e. The second kappa shape index (κ2) is 5.74. The van der Waals surface area contributed by atoms with Gasteiger partial charge in [0.1, 0.15) is 4.90 Å². The van der Waals surface area contributed by atoms with Crippen LogP contribution < -0.4 is 5.32 Å². The molecule has 0 spiro atoms. The second-order valence-electron chi connectivity index (χ2n) is 7.07. The van der Waals surface area contributed by atoms with Crippen molar-refractivity contribution in [1.82, 2.24) is 14.2 Å². The van der Waals surface area contributed by atoms with Crippen LogP contribution in [0.25, 0.3) is 0 Å². The zero-order valence-electron chi connectivity index (χ0n) is 13.7. The van der Waals surface area contributed by atoms with Crippen molar-refractivity contribution in [3.8, 4) is 0 Å². The van der Waals surface area contributed by atoms with E-state index >= 15 is 0 Å². The van der Waals surface area contributed by atoms with Crippen molar-refractivity contribution in [2.24, 2.45) is 12.5 Å². The van der Waals surface area contributed by atoms with Gasteiger partial charge in [0.25, 0.3) is 0 Å². The number of nitrogens with zero attached hydrogens (tertiary/aromatic N) is 2. The Morgan fingerprint density at radius 1 is 1.38 bits per heavy atom. The molecule has 0 bridgehead atoms. The first kappa shape index (κ1) is 16.5. The molecule has 120 valence electrons. The third-order valence-electron chi connectivity index (χ3n) is 4.05. The van der Waals surface area contributed by atoms with Crippen LogP contribution in [0.1, 0.15) is 39.8 Å². The topological polar surface area (TPSA) is 54.3 Å². The van der Waals surface area contributed by atoms with Crippen LogP contribution in [0.15, 0.2) is 17.2 Å². The van der Waals surface area contributed by atoms with Gasteiger partial charge in [-0.3, -0.25) is 0 Å². The lowest BCUT2D eigenvalue weighted by atomic mass is 9.93. The summed E-state index contributed by atoms with van der Waals surface area (Å²) < 4.78 is 28.9. The third-order valence-corrected chi connectivity index (χ3v) is 5.86. The molecule has 0 radical (unpaired) electrons. The van der Waals surface area contributed by atoms with Crippen LogP contribution in [-0.4, -0.2) is 36.4 Å². The fraction of sp³-hybridized carbons (Fsp3) is 0.733. The van der Waals surface area contributed by atoms with Crippen molar-refractivity contribution in [2.45, 2.75) is 51.6 Å². The monoisotopic (exact) mass is 313 g/mol. The first-order valence-corrected chi connectivity index (χ1v) is 8.95. The molecule has 1 fully saturated rings. The number of hydrogen-bond donors (Lipinski definition) is 1. The highest BCUT2D eigenvalue weighted by atomic mass is 32.2. The standard InChI is InChI=1S/C15H27N3O2S/c1-12(2)16-9-13-8-14(10-17(13)5)21(19,20)18-7-6-15(3,4)11-18/h8,10,12,16H,6-7,9,11H2,1-5H3. The molecule has 6 heteroatoms. The van der Waals surface area contributed by atoms with Gasteiger partial charge in [-0.2, -0.15) is 4.31 Å². The van der Waals surface area contributed by atoms with E-state index in [4.69, 9.17) is 0 Å². The van der Waals surface area contributed by atoms with Gasteiger partial charge in [0, 0.05) is 44.6 Å². The average Bonchev–Trinajstić information content (AvgIpc) is 2.90. The normalized spacial score (nSPS) is 19.5. The van der Waals surface area contributed by atoms with Crippen LogP contribution in [-0.2, 0) is 23.6 Å².